The predicted octanol–water partition coefficient (Wildman–Crippen LogP) is 1.98. The number of carbonyl (C=O) groups is 2. The van der Waals surface area contributed by atoms with E-state index in [2.05, 4.69) is 0 Å². The van der Waals surface area contributed by atoms with Crippen LogP contribution in [-0.4, -0.2) is 55.4 Å². The number of amides is 1. The van der Waals surface area contributed by atoms with Gasteiger partial charge in [0.2, 0.25) is 0 Å². The van der Waals surface area contributed by atoms with Crippen LogP contribution in [0.1, 0.15) is 31.4 Å². The summed E-state index contributed by atoms with van der Waals surface area (Å²) in [4.78, 5) is 26.0. The monoisotopic (exact) mass is 379 g/mol. The van der Waals surface area contributed by atoms with Crippen LogP contribution in [0, 0.1) is 6.92 Å². The van der Waals surface area contributed by atoms with E-state index >= 15 is 0 Å². The summed E-state index contributed by atoms with van der Waals surface area (Å²) < 4.78 is 28.5. The first-order valence-corrected chi connectivity index (χ1v) is 10.5. The number of likely N-dealkylation sites (N-methyl/N-ethyl adjacent to an activating group) is 1. The van der Waals surface area contributed by atoms with Crippen LogP contribution in [0.3, 0.4) is 0 Å². The lowest BCUT2D eigenvalue weighted by Crippen LogP contribution is -2.46. The van der Waals surface area contributed by atoms with Gasteiger partial charge in [-0.3, -0.25) is 4.79 Å². The van der Waals surface area contributed by atoms with Crippen molar-refractivity contribution in [3.63, 3.8) is 0 Å². The summed E-state index contributed by atoms with van der Waals surface area (Å²) in [6.45, 7) is 5.63. The van der Waals surface area contributed by atoms with E-state index < -0.39 is 21.9 Å². The third-order valence-electron chi connectivity index (χ3n) is 4.37. The van der Waals surface area contributed by atoms with Gasteiger partial charge in [-0.15, -0.1) is 0 Å². The van der Waals surface area contributed by atoms with Crippen LogP contribution in [0.4, 0.5) is 0 Å². The van der Waals surface area contributed by atoms with Crippen LogP contribution < -0.4 is 0 Å². The summed E-state index contributed by atoms with van der Waals surface area (Å²) in [6, 6.07) is 7.30. The van der Waals surface area contributed by atoms with Crippen LogP contribution in [0.15, 0.2) is 30.3 Å². The third-order valence-corrected chi connectivity index (χ3v) is 6.12. The summed E-state index contributed by atoms with van der Waals surface area (Å²) in [5, 5.41) is 0. The molecule has 0 saturated carbocycles. The van der Waals surface area contributed by atoms with Crippen molar-refractivity contribution in [1.82, 2.24) is 4.90 Å². The third kappa shape index (κ3) is 5.42. The van der Waals surface area contributed by atoms with Gasteiger partial charge in [0.25, 0.3) is 5.91 Å². The van der Waals surface area contributed by atoms with Crippen molar-refractivity contribution >= 4 is 27.8 Å². The van der Waals surface area contributed by atoms with E-state index in [1.54, 1.807) is 13.0 Å². The molecule has 0 aliphatic carbocycles. The molecule has 0 bridgehead atoms. The van der Waals surface area contributed by atoms with Gasteiger partial charge in [-0.25, -0.2) is 13.2 Å². The van der Waals surface area contributed by atoms with Gasteiger partial charge in [-0.1, -0.05) is 29.8 Å². The van der Waals surface area contributed by atoms with Crippen molar-refractivity contribution in [2.45, 2.75) is 39.3 Å². The van der Waals surface area contributed by atoms with Crippen molar-refractivity contribution < 1.29 is 22.7 Å². The number of benzene rings is 1. The Kier molecular flexibility index (Phi) is 6.58. The molecule has 1 fully saturated rings. The lowest BCUT2D eigenvalue weighted by Gasteiger charge is -2.29. The second-order valence-electron chi connectivity index (χ2n) is 6.51. The van der Waals surface area contributed by atoms with E-state index in [9.17, 15) is 18.0 Å². The van der Waals surface area contributed by atoms with Gasteiger partial charge >= 0.3 is 5.97 Å². The fourth-order valence-corrected chi connectivity index (χ4v) is 4.78. The molecule has 1 aliphatic heterocycles. The minimum atomic E-state index is -3.09. The maximum absolute atomic E-state index is 12.6. The molecule has 0 aromatic heterocycles. The Bertz CT molecular complexity index is 800. The number of hydrogen-bond acceptors (Lipinski definition) is 5. The normalized spacial score (nSPS) is 20.0. The van der Waals surface area contributed by atoms with Gasteiger partial charge in [0.15, 0.2) is 15.9 Å². The Morgan fingerprint density at radius 2 is 2.12 bits per heavy atom. The zero-order chi connectivity index (χ0) is 19.3. The number of aryl methyl sites for hydroxylation is 1. The van der Waals surface area contributed by atoms with Crippen LogP contribution in [-0.2, 0) is 24.2 Å². The zero-order valence-corrected chi connectivity index (χ0v) is 16.2. The summed E-state index contributed by atoms with van der Waals surface area (Å²) in [5.41, 5.74) is 1.95. The van der Waals surface area contributed by atoms with E-state index in [0.717, 1.165) is 11.1 Å². The fraction of sp³-hybridized carbons (Fsp3) is 0.474. The van der Waals surface area contributed by atoms with Crippen LogP contribution >= 0.6 is 0 Å². The van der Waals surface area contributed by atoms with Crippen LogP contribution in [0.25, 0.3) is 6.08 Å². The topological polar surface area (TPSA) is 80.8 Å². The number of sulfone groups is 1. The Morgan fingerprint density at radius 1 is 1.38 bits per heavy atom. The van der Waals surface area contributed by atoms with Gasteiger partial charge in [0, 0.05) is 18.7 Å². The van der Waals surface area contributed by atoms with E-state index in [-0.39, 0.29) is 23.5 Å². The van der Waals surface area contributed by atoms with Gasteiger partial charge in [-0.05, 0) is 38.8 Å². The smallest absolute Gasteiger partial charge is 0.331 e. The van der Waals surface area contributed by atoms with E-state index in [1.807, 2.05) is 31.2 Å². The molecule has 2 rings (SSSR count). The highest BCUT2D eigenvalue weighted by molar-refractivity contribution is 7.91. The minimum absolute atomic E-state index is 0.0273. The molecular formula is C19H25NO5S. The van der Waals surface area contributed by atoms with Crippen LogP contribution in [0.5, 0.6) is 0 Å². The maximum atomic E-state index is 12.6. The molecule has 2 atom stereocenters. The molecule has 1 saturated heterocycles. The van der Waals surface area contributed by atoms with E-state index in [0.29, 0.717) is 13.0 Å². The summed E-state index contributed by atoms with van der Waals surface area (Å²) in [6.07, 6.45) is 2.38. The minimum Gasteiger partial charge on any atom is -0.449 e. The number of carbonyl (C=O) groups excluding carboxylic acids is 2. The molecular weight excluding hydrogens is 354 g/mol. The standard InChI is InChI=1S/C19H25NO5S/c1-4-20(17-10-11-26(23,24)13-17)19(22)15(3)25-18(21)9-8-16-7-5-6-14(2)12-16/h5-9,12,15,17H,4,10-11,13H2,1-3H3/b9-8+/t15-,17+/m1/s1. The second-order valence-corrected chi connectivity index (χ2v) is 8.74. The molecule has 0 spiro atoms. The molecule has 1 amide bonds. The molecule has 142 valence electrons. The van der Waals surface area contributed by atoms with Crippen molar-refractivity contribution in [2.24, 2.45) is 0 Å². The lowest BCUT2D eigenvalue weighted by atomic mass is 10.1. The van der Waals surface area contributed by atoms with Gasteiger partial charge in [0.05, 0.1) is 11.5 Å². The largest absolute Gasteiger partial charge is 0.449 e. The molecule has 26 heavy (non-hydrogen) atoms. The average Bonchev–Trinajstić information content (AvgIpc) is 2.93. The number of rotatable bonds is 6. The molecule has 0 N–H and O–H groups in total. The molecule has 0 unspecified atom stereocenters. The Morgan fingerprint density at radius 3 is 2.69 bits per heavy atom. The molecule has 6 nitrogen and oxygen atoms in total. The Hall–Kier alpha value is -2.15. The molecule has 1 heterocycles. The van der Waals surface area contributed by atoms with Gasteiger partial charge < -0.3 is 9.64 Å². The zero-order valence-electron chi connectivity index (χ0n) is 15.3. The maximum Gasteiger partial charge on any atom is 0.331 e. The summed E-state index contributed by atoms with van der Waals surface area (Å²) >= 11 is 0. The lowest BCUT2D eigenvalue weighted by molar-refractivity contribution is -0.156. The van der Waals surface area contributed by atoms with Gasteiger partial charge in [-0.2, -0.15) is 0 Å². The number of esters is 1. The van der Waals surface area contributed by atoms with Crippen molar-refractivity contribution in [3.05, 3.63) is 41.5 Å². The average molecular weight is 379 g/mol. The molecule has 0 radical (unpaired) electrons. The van der Waals surface area contributed by atoms with Crippen molar-refractivity contribution in [3.8, 4) is 0 Å². The first-order valence-electron chi connectivity index (χ1n) is 8.68. The highest BCUT2D eigenvalue weighted by Gasteiger charge is 2.36. The Balaban J connectivity index is 1.95. The second kappa shape index (κ2) is 8.49. The molecule has 1 aliphatic rings. The number of nitrogens with zero attached hydrogens (tertiary/aromatic N) is 1. The quantitative estimate of drug-likeness (QED) is 0.558. The van der Waals surface area contributed by atoms with E-state index in [1.165, 1.54) is 17.9 Å². The highest BCUT2D eigenvalue weighted by atomic mass is 32.2. The molecule has 1 aromatic carbocycles. The molecule has 7 heteroatoms. The Labute approximate surface area is 154 Å². The van der Waals surface area contributed by atoms with Gasteiger partial charge in [0.1, 0.15) is 0 Å². The molecule has 1 aromatic rings. The first-order chi connectivity index (χ1) is 12.2. The summed E-state index contributed by atoms with van der Waals surface area (Å²) in [7, 11) is -3.09. The highest BCUT2D eigenvalue weighted by Crippen LogP contribution is 2.19. The van der Waals surface area contributed by atoms with Crippen LogP contribution in [0.2, 0.25) is 0 Å². The number of hydrogen-bond donors (Lipinski definition) is 0. The van der Waals surface area contributed by atoms with Crippen molar-refractivity contribution in [2.75, 3.05) is 18.1 Å². The SMILES string of the molecule is CCN(C(=O)[C@@H](C)OC(=O)/C=C/c1cccc(C)c1)[C@H]1CCS(=O)(=O)C1. The van der Waals surface area contributed by atoms with E-state index in [4.69, 9.17) is 4.74 Å². The first kappa shape index (κ1) is 20.2. The predicted molar refractivity (Wildman–Crippen MR) is 100 cm³/mol. The fourth-order valence-electron chi connectivity index (χ4n) is 3.05. The number of ether oxygens (including phenoxy) is 1. The van der Waals surface area contributed by atoms with Crippen molar-refractivity contribution in [1.29, 1.82) is 0 Å². The summed E-state index contributed by atoms with van der Waals surface area (Å²) in [5.74, 6) is -0.913.